The number of ketones is 1. The molecule has 1 aromatic carbocycles. The van der Waals surface area contributed by atoms with Gasteiger partial charge in [-0.25, -0.2) is 0 Å². The van der Waals surface area contributed by atoms with E-state index in [1.54, 1.807) is 25.1 Å². The summed E-state index contributed by atoms with van der Waals surface area (Å²) in [5.74, 6) is -0.153. The summed E-state index contributed by atoms with van der Waals surface area (Å²) in [5, 5.41) is 2.24. The Balaban J connectivity index is 2.35. The average Bonchev–Trinajstić information content (AvgIpc) is 2.29. The first-order valence-electron chi connectivity index (χ1n) is 5.25. The molecule has 1 aromatic rings. The van der Waals surface area contributed by atoms with Gasteiger partial charge in [-0.2, -0.15) is 0 Å². The number of hydrogen-bond acceptors (Lipinski definition) is 2. The van der Waals surface area contributed by atoms with Crippen LogP contribution in [0.3, 0.4) is 0 Å². The van der Waals surface area contributed by atoms with Crippen LogP contribution >= 0.6 is 27.5 Å². The molecule has 0 aliphatic carbocycles. The fourth-order valence-corrected chi connectivity index (χ4v) is 2.35. The third-order valence-electron chi connectivity index (χ3n) is 2.69. The summed E-state index contributed by atoms with van der Waals surface area (Å²) in [4.78, 5) is 22.9. The predicted octanol–water partition coefficient (Wildman–Crippen LogP) is 2.75. The van der Waals surface area contributed by atoms with Gasteiger partial charge in [0.2, 0.25) is 5.91 Å². The maximum absolute atomic E-state index is 11.7. The Morgan fingerprint density at radius 1 is 1.59 bits per heavy atom. The van der Waals surface area contributed by atoms with Gasteiger partial charge in [-0.3, -0.25) is 9.59 Å². The highest BCUT2D eigenvalue weighted by Crippen LogP contribution is 2.27. The van der Waals surface area contributed by atoms with E-state index in [9.17, 15) is 9.59 Å². The van der Waals surface area contributed by atoms with Crippen LogP contribution in [-0.2, 0) is 11.2 Å². The number of rotatable bonds is 2. The molecular weight excluding hydrogens is 305 g/mol. The third kappa shape index (κ3) is 2.53. The van der Waals surface area contributed by atoms with Crippen molar-refractivity contribution < 1.29 is 9.59 Å². The second-order valence-corrected chi connectivity index (χ2v) is 5.77. The number of alkyl halides is 2. The molecule has 0 saturated carbocycles. The van der Waals surface area contributed by atoms with Gasteiger partial charge in [-0.05, 0) is 37.1 Å². The van der Waals surface area contributed by atoms with Crippen LogP contribution in [0.25, 0.3) is 0 Å². The van der Waals surface area contributed by atoms with Gasteiger partial charge < -0.3 is 5.32 Å². The van der Waals surface area contributed by atoms with Gasteiger partial charge in [-0.15, -0.1) is 11.6 Å². The van der Waals surface area contributed by atoms with Gasteiger partial charge >= 0.3 is 0 Å². The number of nitrogens with one attached hydrogen (secondary N) is 1. The minimum Gasteiger partial charge on any atom is -0.325 e. The number of halogens is 2. The molecule has 0 saturated heterocycles. The Hall–Kier alpha value is -0.870. The molecule has 1 aliphatic rings. The number of benzene rings is 1. The molecule has 0 spiro atoms. The fourth-order valence-electron chi connectivity index (χ4n) is 1.76. The molecule has 3 nitrogen and oxygen atoms in total. The maximum atomic E-state index is 11.7. The number of amides is 1. The predicted molar refractivity (Wildman–Crippen MR) is 71.1 cm³/mol. The van der Waals surface area contributed by atoms with Gasteiger partial charge in [0.15, 0.2) is 5.78 Å². The summed E-state index contributed by atoms with van der Waals surface area (Å²) in [7, 11) is 0. The van der Waals surface area contributed by atoms with E-state index in [1.807, 2.05) is 0 Å². The zero-order valence-electron chi connectivity index (χ0n) is 9.17. The summed E-state index contributed by atoms with van der Waals surface area (Å²) < 4.78 is 0. The van der Waals surface area contributed by atoms with Gasteiger partial charge in [0.05, 0.1) is 10.2 Å². The first kappa shape index (κ1) is 12.6. The number of anilines is 1. The quantitative estimate of drug-likeness (QED) is 0.673. The van der Waals surface area contributed by atoms with Crippen molar-refractivity contribution in [3.8, 4) is 0 Å². The standard InChI is InChI=1S/C12H11BrClNO2/c1-6(14)11(16)7-2-3-10-8(4-7)5-9(13)12(17)15-10/h2-4,6,9H,5H2,1H3,(H,15,17). The number of Topliss-reactive ketones (excluding diaryl/α,β-unsaturated/α-hetero) is 1. The molecule has 0 fully saturated rings. The summed E-state index contributed by atoms with van der Waals surface area (Å²) >= 11 is 9.06. The van der Waals surface area contributed by atoms with E-state index in [1.165, 1.54) is 0 Å². The molecule has 0 aromatic heterocycles. The van der Waals surface area contributed by atoms with Crippen LogP contribution in [0, 0.1) is 0 Å². The summed E-state index contributed by atoms with van der Waals surface area (Å²) in [6, 6.07) is 5.23. The van der Waals surface area contributed by atoms with Crippen molar-refractivity contribution in [2.24, 2.45) is 0 Å². The smallest absolute Gasteiger partial charge is 0.238 e. The van der Waals surface area contributed by atoms with Crippen molar-refractivity contribution in [1.82, 2.24) is 0 Å². The van der Waals surface area contributed by atoms with Crippen LogP contribution in [0.4, 0.5) is 5.69 Å². The molecule has 90 valence electrons. The normalized spacial score (nSPS) is 20.4. The lowest BCUT2D eigenvalue weighted by molar-refractivity contribution is -0.115. The Kier molecular flexibility index (Phi) is 3.54. The zero-order chi connectivity index (χ0) is 12.6. The fraction of sp³-hybridized carbons (Fsp3) is 0.333. The summed E-state index contributed by atoms with van der Waals surface area (Å²) in [6.07, 6.45) is 0.582. The molecule has 2 unspecified atom stereocenters. The van der Waals surface area contributed by atoms with Gasteiger partial charge in [0.1, 0.15) is 0 Å². The second-order valence-electron chi connectivity index (χ2n) is 4.01. The number of fused-ring (bicyclic) bond motifs is 1. The van der Waals surface area contributed by atoms with Crippen molar-refractivity contribution in [1.29, 1.82) is 0 Å². The van der Waals surface area contributed by atoms with Gasteiger partial charge in [0.25, 0.3) is 0 Å². The molecule has 1 aliphatic heterocycles. The number of hydrogen-bond donors (Lipinski definition) is 1. The highest BCUT2D eigenvalue weighted by atomic mass is 79.9. The Bertz CT molecular complexity index is 487. The first-order valence-corrected chi connectivity index (χ1v) is 6.60. The molecule has 0 bridgehead atoms. The molecule has 1 N–H and O–H groups in total. The molecule has 1 amide bonds. The van der Waals surface area contributed by atoms with Crippen molar-refractivity contribution >= 4 is 44.9 Å². The summed E-state index contributed by atoms with van der Waals surface area (Å²) in [5.41, 5.74) is 2.31. The van der Waals surface area contributed by atoms with E-state index in [-0.39, 0.29) is 16.5 Å². The lowest BCUT2D eigenvalue weighted by Crippen LogP contribution is -2.30. The maximum Gasteiger partial charge on any atom is 0.238 e. The van der Waals surface area contributed by atoms with Gasteiger partial charge in [-0.1, -0.05) is 15.9 Å². The highest BCUT2D eigenvalue weighted by molar-refractivity contribution is 9.10. The van der Waals surface area contributed by atoms with E-state index < -0.39 is 5.38 Å². The van der Waals surface area contributed by atoms with Crippen molar-refractivity contribution in [3.05, 3.63) is 29.3 Å². The molecule has 17 heavy (non-hydrogen) atoms. The molecule has 5 heteroatoms. The van der Waals surface area contributed by atoms with Crippen LogP contribution in [0.5, 0.6) is 0 Å². The Morgan fingerprint density at radius 2 is 2.29 bits per heavy atom. The lowest BCUT2D eigenvalue weighted by Gasteiger charge is -2.21. The van der Waals surface area contributed by atoms with Crippen LogP contribution in [0.1, 0.15) is 22.8 Å². The van der Waals surface area contributed by atoms with Crippen molar-refractivity contribution in [3.63, 3.8) is 0 Å². The third-order valence-corrected chi connectivity index (χ3v) is 3.63. The van der Waals surface area contributed by atoms with Gasteiger partial charge in [0, 0.05) is 11.3 Å². The van der Waals surface area contributed by atoms with E-state index in [0.717, 1.165) is 11.3 Å². The second kappa shape index (κ2) is 4.78. The highest BCUT2D eigenvalue weighted by Gasteiger charge is 2.24. The van der Waals surface area contributed by atoms with Crippen molar-refractivity contribution in [2.45, 2.75) is 23.5 Å². The summed E-state index contributed by atoms with van der Waals surface area (Å²) in [6.45, 7) is 1.65. The van der Waals surface area contributed by atoms with E-state index in [0.29, 0.717) is 12.0 Å². The van der Waals surface area contributed by atoms with Crippen LogP contribution < -0.4 is 5.32 Å². The Labute approximate surface area is 113 Å². The molecule has 1 heterocycles. The molecule has 0 radical (unpaired) electrons. The molecular formula is C12H11BrClNO2. The zero-order valence-corrected chi connectivity index (χ0v) is 11.5. The average molecular weight is 317 g/mol. The van der Waals surface area contributed by atoms with E-state index in [2.05, 4.69) is 21.2 Å². The minimum atomic E-state index is -0.536. The Morgan fingerprint density at radius 3 is 2.94 bits per heavy atom. The van der Waals surface area contributed by atoms with Crippen molar-refractivity contribution in [2.75, 3.05) is 5.32 Å². The van der Waals surface area contributed by atoms with E-state index >= 15 is 0 Å². The number of carbonyl (C=O) groups is 2. The number of carbonyl (C=O) groups excluding carboxylic acids is 2. The van der Waals surface area contributed by atoms with E-state index in [4.69, 9.17) is 11.6 Å². The first-order chi connectivity index (χ1) is 7.99. The van der Waals surface area contributed by atoms with Crippen LogP contribution in [0.15, 0.2) is 18.2 Å². The van der Waals surface area contributed by atoms with Crippen LogP contribution in [0.2, 0.25) is 0 Å². The lowest BCUT2D eigenvalue weighted by atomic mass is 9.98. The van der Waals surface area contributed by atoms with Crippen LogP contribution in [-0.4, -0.2) is 21.9 Å². The molecule has 2 rings (SSSR count). The topological polar surface area (TPSA) is 46.2 Å². The largest absolute Gasteiger partial charge is 0.325 e. The SMILES string of the molecule is CC(Cl)C(=O)c1ccc2c(c1)CC(Br)C(=O)N2. The minimum absolute atomic E-state index is 0.0534. The monoisotopic (exact) mass is 315 g/mol. The molecule has 2 atom stereocenters.